The van der Waals surface area contributed by atoms with E-state index in [2.05, 4.69) is 5.32 Å². The van der Waals surface area contributed by atoms with Gasteiger partial charge >= 0.3 is 12.1 Å². The average Bonchev–Trinajstić information content (AvgIpc) is 2.70. The SMILES string of the molecule is COc1c(C(=O)CC(C)C)ccc2c1C(=O)OCc1cc(C)cc(NC(=O)OC(C)(C)C)c1O2. The third kappa shape index (κ3) is 5.68. The van der Waals surface area contributed by atoms with Gasteiger partial charge in [0.25, 0.3) is 0 Å². The van der Waals surface area contributed by atoms with Gasteiger partial charge in [-0.1, -0.05) is 13.8 Å². The first-order valence-corrected chi connectivity index (χ1v) is 11.1. The normalized spacial score (nSPS) is 13.0. The number of nitrogens with one attached hydrogen (secondary N) is 1. The number of ketones is 1. The fraction of sp³-hybridized carbons (Fsp3) is 0.423. The largest absolute Gasteiger partial charge is 0.495 e. The number of Topliss-reactive ketones (excluding diaryl/α,β-unsaturated/α-hetero) is 1. The number of hydrogen-bond acceptors (Lipinski definition) is 7. The zero-order valence-corrected chi connectivity index (χ0v) is 20.7. The van der Waals surface area contributed by atoms with Crippen LogP contribution in [0, 0.1) is 12.8 Å². The molecule has 1 aliphatic rings. The number of anilines is 1. The van der Waals surface area contributed by atoms with Gasteiger partial charge in [-0.3, -0.25) is 10.1 Å². The predicted molar refractivity (Wildman–Crippen MR) is 127 cm³/mol. The van der Waals surface area contributed by atoms with Crippen molar-refractivity contribution < 1.29 is 33.3 Å². The smallest absolute Gasteiger partial charge is 0.412 e. The van der Waals surface area contributed by atoms with Gasteiger partial charge < -0.3 is 18.9 Å². The summed E-state index contributed by atoms with van der Waals surface area (Å²) in [5, 5.41) is 2.73. The molecular weight excluding hydrogens is 438 g/mol. The number of cyclic esters (lactones) is 1. The van der Waals surface area contributed by atoms with Crippen LogP contribution in [-0.2, 0) is 16.1 Å². The van der Waals surface area contributed by atoms with Crippen LogP contribution in [0.15, 0.2) is 24.3 Å². The van der Waals surface area contributed by atoms with Crippen LogP contribution in [0.3, 0.4) is 0 Å². The first kappa shape index (κ1) is 25.1. The van der Waals surface area contributed by atoms with Crippen LogP contribution in [0.25, 0.3) is 0 Å². The summed E-state index contributed by atoms with van der Waals surface area (Å²) in [6.45, 7) is 10.9. The number of benzene rings is 2. The van der Waals surface area contributed by atoms with Gasteiger partial charge in [0.05, 0.1) is 18.4 Å². The number of carbonyl (C=O) groups is 3. The molecule has 0 bridgehead atoms. The molecule has 0 unspecified atom stereocenters. The van der Waals surface area contributed by atoms with Crippen LogP contribution in [-0.4, -0.2) is 30.6 Å². The summed E-state index contributed by atoms with van der Waals surface area (Å²) < 4.78 is 22.6. The molecule has 1 heterocycles. The second-order valence-electron chi connectivity index (χ2n) is 9.65. The highest BCUT2D eigenvalue weighted by molar-refractivity contribution is 6.05. The topological polar surface area (TPSA) is 100 Å². The first-order valence-electron chi connectivity index (χ1n) is 11.1. The quantitative estimate of drug-likeness (QED) is 0.421. The number of aryl methyl sites for hydroxylation is 1. The standard InChI is InChI=1S/C26H31NO7/c1-14(2)10-19(28)17-8-9-20-21(23(17)31-7)24(29)32-13-16-11-15(3)12-18(22(16)33-20)27-25(30)34-26(4,5)6/h8-9,11-12,14H,10,13H2,1-7H3,(H,27,30). The minimum Gasteiger partial charge on any atom is -0.495 e. The Balaban J connectivity index is 2.09. The van der Waals surface area contributed by atoms with Crippen LogP contribution in [0.2, 0.25) is 0 Å². The highest BCUT2D eigenvalue weighted by Crippen LogP contribution is 2.42. The van der Waals surface area contributed by atoms with Gasteiger partial charge in [-0.25, -0.2) is 9.59 Å². The van der Waals surface area contributed by atoms with Crippen molar-refractivity contribution in [1.82, 2.24) is 0 Å². The van der Waals surface area contributed by atoms with E-state index in [0.29, 0.717) is 23.4 Å². The maximum atomic E-state index is 13.0. The van der Waals surface area contributed by atoms with Crippen molar-refractivity contribution in [3.8, 4) is 17.2 Å². The molecule has 0 spiro atoms. The Hall–Kier alpha value is -3.55. The molecule has 3 rings (SSSR count). The number of hydrogen-bond donors (Lipinski definition) is 1. The van der Waals surface area contributed by atoms with Crippen LogP contribution < -0.4 is 14.8 Å². The summed E-state index contributed by atoms with van der Waals surface area (Å²) in [5.74, 6) is -0.106. The number of esters is 1. The molecule has 8 nitrogen and oxygen atoms in total. The predicted octanol–water partition coefficient (Wildman–Crippen LogP) is 6.04. The third-order valence-electron chi connectivity index (χ3n) is 4.94. The molecule has 2 aromatic carbocycles. The van der Waals surface area contributed by atoms with Gasteiger partial charge in [-0.2, -0.15) is 0 Å². The van der Waals surface area contributed by atoms with Crippen molar-refractivity contribution in [2.24, 2.45) is 5.92 Å². The molecule has 0 saturated heterocycles. The van der Waals surface area contributed by atoms with Gasteiger partial charge in [-0.15, -0.1) is 0 Å². The molecule has 1 aliphatic heterocycles. The van der Waals surface area contributed by atoms with Crippen LogP contribution >= 0.6 is 0 Å². The van der Waals surface area contributed by atoms with Gasteiger partial charge in [0, 0.05) is 12.0 Å². The van der Waals surface area contributed by atoms with Crippen molar-refractivity contribution in [2.75, 3.05) is 12.4 Å². The van der Waals surface area contributed by atoms with Crippen LogP contribution in [0.1, 0.15) is 72.9 Å². The minimum atomic E-state index is -0.683. The fourth-order valence-electron chi connectivity index (χ4n) is 3.66. The Bertz CT molecular complexity index is 1130. The van der Waals surface area contributed by atoms with Gasteiger partial charge in [0.1, 0.15) is 29.3 Å². The Morgan fingerprint density at radius 1 is 1.18 bits per heavy atom. The summed E-state index contributed by atoms with van der Waals surface area (Å²) in [5.41, 5.74) is 1.39. The van der Waals surface area contributed by atoms with E-state index in [9.17, 15) is 14.4 Å². The van der Waals surface area contributed by atoms with Crippen molar-refractivity contribution >= 4 is 23.5 Å². The second-order valence-corrected chi connectivity index (χ2v) is 9.65. The minimum absolute atomic E-state index is 0.0200. The lowest BCUT2D eigenvalue weighted by Gasteiger charge is -2.24. The van der Waals surface area contributed by atoms with E-state index in [1.54, 1.807) is 39.0 Å². The third-order valence-corrected chi connectivity index (χ3v) is 4.94. The molecule has 34 heavy (non-hydrogen) atoms. The summed E-state index contributed by atoms with van der Waals surface area (Å²) in [6, 6.07) is 6.67. The lowest BCUT2D eigenvalue weighted by Crippen LogP contribution is -2.27. The zero-order chi connectivity index (χ0) is 25.2. The summed E-state index contributed by atoms with van der Waals surface area (Å²) in [7, 11) is 1.39. The van der Waals surface area contributed by atoms with E-state index in [-0.39, 0.29) is 40.9 Å². The van der Waals surface area contributed by atoms with Gasteiger partial charge in [0.15, 0.2) is 11.5 Å². The van der Waals surface area contributed by atoms with E-state index < -0.39 is 17.7 Å². The first-order chi connectivity index (χ1) is 15.9. The van der Waals surface area contributed by atoms with E-state index in [4.69, 9.17) is 18.9 Å². The van der Waals surface area contributed by atoms with Crippen molar-refractivity contribution in [3.05, 3.63) is 46.5 Å². The van der Waals surface area contributed by atoms with Crippen LogP contribution in [0.5, 0.6) is 17.2 Å². The number of fused-ring (bicyclic) bond motifs is 2. The van der Waals surface area contributed by atoms with E-state index >= 15 is 0 Å². The molecule has 0 atom stereocenters. The molecule has 0 aliphatic carbocycles. The number of amides is 1. The molecule has 0 saturated carbocycles. The van der Waals surface area contributed by atoms with E-state index in [1.165, 1.54) is 7.11 Å². The van der Waals surface area contributed by atoms with Gasteiger partial charge in [0.2, 0.25) is 0 Å². The zero-order valence-electron chi connectivity index (χ0n) is 20.7. The van der Waals surface area contributed by atoms with E-state index in [1.807, 2.05) is 26.8 Å². The Morgan fingerprint density at radius 3 is 2.50 bits per heavy atom. The lowest BCUT2D eigenvalue weighted by molar-refractivity contribution is 0.0454. The second kappa shape index (κ2) is 9.75. The molecule has 2 aromatic rings. The molecule has 1 amide bonds. The highest BCUT2D eigenvalue weighted by atomic mass is 16.6. The number of rotatable bonds is 5. The summed E-state index contributed by atoms with van der Waals surface area (Å²) in [6.07, 6.45) is -0.340. The molecule has 1 N–H and O–H groups in total. The Morgan fingerprint density at radius 2 is 1.88 bits per heavy atom. The molecular formula is C26H31NO7. The van der Waals surface area contributed by atoms with Gasteiger partial charge in [-0.05, 0) is 63.4 Å². The van der Waals surface area contributed by atoms with Crippen molar-refractivity contribution in [1.29, 1.82) is 0 Å². The maximum Gasteiger partial charge on any atom is 0.412 e. The highest BCUT2D eigenvalue weighted by Gasteiger charge is 2.30. The Kier molecular flexibility index (Phi) is 7.19. The van der Waals surface area contributed by atoms with Crippen molar-refractivity contribution in [2.45, 2.75) is 60.2 Å². The van der Waals surface area contributed by atoms with E-state index in [0.717, 1.165) is 5.56 Å². The number of ether oxygens (including phenoxy) is 4. The maximum absolute atomic E-state index is 13.0. The average molecular weight is 470 g/mol. The van der Waals surface area contributed by atoms with Crippen molar-refractivity contribution in [3.63, 3.8) is 0 Å². The Labute approximate surface area is 199 Å². The monoisotopic (exact) mass is 469 g/mol. The van der Waals surface area contributed by atoms with Crippen LogP contribution in [0.4, 0.5) is 10.5 Å². The molecule has 8 heteroatoms. The molecule has 182 valence electrons. The lowest BCUT2D eigenvalue weighted by atomic mass is 9.97. The summed E-state index contributed by atoms with van der Waals surface area (Å²) >= 11 is 0. The fourth-order valence-corrected chi connectivity index (χ4v) is 3.66. The molecule has 0 radical (unpaired) electrons. The molecule has 0 aromatic heterocycles. The number of carbonyl (C=O) groups excluding carboxylic acids is 3. The summed E-state index contributed by atoms with van der Waals surface area (Å²) in [4.78, 5) is 38.2. The molecule has 0 fully saturated rings. The number of methoxy groups -OCH3 is 1.